The number of hydrogen-bond acceptors (Lipinski definition) is 6. The molecule has 0 unspecified atom stereocenters. The first kappa shape index (κ1) is 21.6. The summed E-state index contributed by atoms with van der Waals surface area (Å²) in [6.07, 6.45) is 1.92. The molecule has 1 saturated heterocycles. The molecule has 1 aliphatic heterocycles. The zero-order valence-corrected chi connectivity index (χ0v) is 18.3. The Labute approximate surface area is 177 Å². The van der Waals surface area contributed by atoms with Crippen molar-refractivity contribution in [2.24, 2.45) is 0 Å². The molecular formula is C21H31N5O2S. The Kier molecular flexibility index (Phi) is 7.94. The van der Waals surface area contributed by atoms with Crippen molar-refractivity contribution in [1.82, 2.24) is 20.1 Å². The fourth-order valence-corrected chi connectivity index (χ4v) is 4.36. The highest BCUT2D eigenvalue weighted by atomic mass is 32.2. The summed E-state index contributed by atoms with van der Waals surface area (Å²) >= 11 is 1.46. The van der Waals surface area contributed by atoms with E-state index in [0.29, 0.717) is 13.2 Å². The molecule has 1 amide bonds. The number of rotatable bonds is 9. The van der Waals surface area contributed by atoms with E-state index in [1.54, 1.807) is 0 Å². The summed E-state index contributed by atoms with van der Waals surface area (Å²) in [6, 6.07) is 10.2. The van der Waals surface area contributed by atoms with Gasteiger partial charge in [-0.3, -0.25) is 9.36 Å². The van der Waals surface area contributed by atoms with Gasteiger partial charge in [-0.05, 0) is 25.8 Å². The molecule has 0 saturated carbocycles. The molecule has 0 aliphatic carbocycles. The number of carbonyl (C=O) groups excluding carboxylic acids is 1. The topological polar surface area (TPSA) is 72.3 Å². The molecule has 158 valence electrons. The smallest absolute Gasteiger partial charge is 0.233 e. The zero-order chi connectivity index (χ0) is 20.6. The van der Waals surface area contributed by atoms with Gasteiger partial charge >= 0.3 is 0 Å². The minimum absolute atomic E-state index is 0.0240. The van der Waals surface area contributed by atoms with E-state index in [-0.39, 0.29) is 17.2 Å². The van der Waals surface area contributed by atoms with E-state index in [0.717, 1.165) is 49.1 Å². The van der Waals surface area contributed by atoms with Crippen molar-refractivity contribution in [3.63, 3.8) is 0 Å². The van der Waals surface area contributed by atoms with E-state index in [1.165, 1.54) is 11.8 Å². The van der Waals surface area contributed by atoms with Crippen molar-refractivity contribution < 1.29 is 9.53 Å². The maximum Gasteiger partial charge on any atom is 0.233 e. The third kappa shape index (κ3) is 5.51. The van der Waals surface area contributed by atoms with E-state index in [9.17, 15) is 4.79 Å². The van der Waals surface area contributed by atoms with Gasteiger partial charge < -0.3 is 15.0 Å². The van der Waals surface area contributed by atoms with E-state index in [1.807, 2.05) is 25.1 Å². The third-order valence-electron chi connectivity index (χ3n) is 5.05. The molecule has 1 fully saturated rings. The Balaban J connectivity index is 1.66. The molecule has 8 heteroatoms. The summed E-state index contributed by atoms with van der Waals surface area (Å²) in [7, 11) is 0. The van der Waals surface area contributed by atoms with Gasteiger partial charge in [-0.2, -0.15) is 0 Å². The van der Waals surface area contributed by atoms with Crippen molar-refractivity contribution in [1.29, 1.82) is 0 Å². The molecule has 7 nitrogen and oxygen atoms in total. The number of anilines is 1. The van der Waals surface area contributed by atoms with Gasteiger partial charge in [-0.15, -0.1) is 10.2 Å². The number of aromatic nitrogens is 3. The largest absolute Gasteiger partial charge is 0.378 e. The molecule has 0 radical (unpaired) electrons. The van der Waals surface area contributed by atoms with Crippen molar-refractivity contribution >= 4 is 23.6 Å². The summed E-state index contributed by atoms with van der Waals surface area (Å²) in [4.78, 5) is 15.1. The van der Waals surface area contributed by atoms with Crippen molar-refractivity contribution in [2.45, 2.75) is 56.6 Å². The van der Waals surface area contributed by atoms with Gasteiger partial charge in [0.15, 0.2) is 5.16 Å². The predicted molar refractivity (Wildman–Crippen MR) is 116 cm³/mol. The van der Waals surface area contributed by atoms with Crippen molar-refractivity contribution in [2.75, 3.05) is 31.2 Å². The number of benzene rings is 1. The number of thioether (sulfide) groups is 1. The molecule has 2 aromatic rings. The third-order valence-corrected chi connectivity index (χ3v) is 6.14. The molecule has 2 atom stereocenters. The molecule has 2 heterocycles. The number of amides is 1. The summed E-state index contributed by atoms with van der Waals surface area (Å²) in [5.74, 6) is 0.884. The number of morpholine rings is 1. The SMILES string of the molecule is CCC[C@H](NC(=O)[C@H](C)Sc1nnc(N2CCOCC2)n1CC)c1ccccc1. The van der Waals surface area contributed by atoms with Gasteiger partial charge in [0.05, 0.1) is 24.5 Å². The Morgan fingerprint density at radius 2 is 1.93 bits per heavy atom. The van der Waals surface area contributed by atoms with Gasteiger partial charge in [0, 0.05) is 19.6 Å². The summed E-state index contributed by atoms with van der Waals surface area (Å²) in [6.45, 7) is 9.94. The highest BCUT2D eigenvalue weighted by Crippen LogP contribution is 2.27. The van der Waals surface area contributed by atoms with Crippen LogP contribution in [0.2, 0.25) is 0 Å². The van der Waals surface area contributed by atoms with E-state index in [4.69, 9.17) is 4.74 Å². The van der Waals surface area contributed by atoms with Gasteiger partial charge in [-0.25, -0.2) is 0 Å². The fraction of sp³-hybridized carbons (Fsp3) is 0.571. The second-order valence-corrected chi connectivity index (χ2v) is 8.45. The number of carbonyl (C=O) groups is 1. The molecule has 1 aromatic heterocycles. The second kappa shape index (κ2) is 10.6. The highest BCUT2D eigenvalue weighted by molar-refractivity contribution is 8.00. The van der Waals surface area contributed by atoms with Crippen LogP contribution >= 0.6 is 11.8 Å². The van der Waals surface area contributed by atoms with Crippen LogP contribution in [-0.4, -0.2) is 52.2 Å². The number of hydrogen-bond donors (Lipinski definition) is 1. The standard InChI is InChI=1S/C21H31N5O2S/c1-4-9-18(17-10-7-6-8-11-17)22-19(27)16(3)29-21-24-23-20(26(21)5-2)25-12-14-28-15-13-25/h6-8,10-11,16,18H,4-5,9,12-15H2,1-3H3,(H,22,27)/t16-,18-/m0/s1. The summed E-state index contributed by atoms with van der Waals surface area (Å²) in [5.41, 5.74) is 1.14. The first-order chi connectivity index (χ1) is 14.1. The van der Waals surface area contributed by atoms with Crippen LogP contribution in [0, 0.1) is 0 Å². The monoisotopic (exact) mass is 417 g/mol. The molecule has 1 N–H and O–H groups in total. The normalized spacial score (nSPS) is 16.4. The second-order valence-electron chi connectivity index (χ2n) is 7.15. The first-order valence-corrected chi connectivity index (χ1v) is 11.3. The van der Waals surface area contributed by atoms with Crippen LogP contribution < -0.4 is 10.2 Å². The number of ether oxygens (including phenoxy) is 1. The van der Waals surface area contributed by atoms with Gasteiger partial charge in [0.1, 0.15) is 0 Å². The lowest BCUT2D eigenvalue weighted by Gasteiger charge is -2.27. The van der Waals surface area contributed by atoms with Crippen LogP contribution in [0.5, 0.6) is 0 Å². The fourth-order valence-electron chi connectivity index (χ4n) is 3.44. The Hall–Kier alpha value is -2.06. The van der Waals surface area contributed by atoms with E-state index >= 15 is 0 Å². The van der Waals surface area contributed by atoms with Crippen molar-refractivity contribution in [3.8, 4) is 0 Å². The van der Waals surface area contributed by atoms with E-state index < -0.39 is 0 Å². The maximum absolute atomic E-state index is 12.9. The lowest BCUT2D eigenvalue weighted by Crippen LogP contribution is -2.38. The Morgan fingerprint density at radius 1 is 1.21 bits per heavy atom. The van der Waals surface area contributed by atoms with Gasteiger partial charge in [-0.1, -0.05) is 55.4 Å². The molecule has 1 aromatic carbocycles. The average molecular weight is 418 g/mol. The molecule has 3 rings (SSSR count). The molecule has 0 bridgehead atoms. The summed E-state index contributed by atoms with van der Waals surface area (Å²) in [5, 5.41) is 12.5. The molecular weight excluding hydrogens is 386 g/mol. The lowest BCUT2D eigenvalue weighted by atomic mass is 10.0. The van der Waals surface area contributed by atoms with E-state index in [2.05, 4.69) is 51.0 Å². The number of nitrogens with one attached hydrogen (secondary N) is 1. The first-order valence-electron chi connectivity index (χ1n) is 10.4. The lowest BCUT2D eigenvalue weighted by molar-refractivity contribution is -0.121. The molecule has 29 heavy (non-hydrogen) atoms. The van der Waals surface area contributed by atoms with Crippen LogP contribution in [0.15, 0.2) is 35.5 Å². The van der Waals surface area contributed by atoms with Gasteiger partial charge in [0.2, 0.25) is 11.9 Å². The minimum Gasteiger partial charge on any atom is -0.378 e. The predicted octanol–water partition coefficient (Wildman–Crippen LogP) is 3.27. The highest BCUT2D eigenvalue weighted by Gasteiger charge is 2.24. The van der Waals surface area contributed by atoms with Crippen molar-refractivity contribution in [3.05, 3.63) is 35.9 Å². The van der Waals surface area contributed by atoms with Crippen LogP contribution in [-0.2, 0) is 16.1 Å². The van der Waals surface area contributed by atoms with Crippen LogP contribution in [0.1, 0.15) is 45.2 Å². The minimum atomic E-state index is -0.259. The molecule has 0 spiro atoms. The number of nitrogens with zero attached hydrogens (tertiary/aromatic N) is 4. The quantitative estimate of drug-likeness (QED) is 0.632. The summed E-state index contributed by atoms with van der Waals surface area (Å²) < 4.78 is 7.52. The zero-order valence-electron chi connectivity index (χ0n) is 17.5. The maximum atomic E-state index is 12.9. The van der Waals surface area contributed by atoms with Crippen LogP contribution in [0.25, 0.3) is 0 Å². The van der Waals surface area contributed by atoms with Crippen LogP contribution in [0.4, 0.5) is 5.95 Å². The Bertz CT molecular complexity index is 777. The van der Waals surface area contributed by atoms with Gasteiger partial charge in [0.25, 0.3) is 0 Å². The van der Waals surface area contributed by atoms with Crippen LogP contribution in [0.3, 0.4) is 0 Å². The average Bonchev–Trinajstić information content (AvgIpc) is 3.17. The Morgan fingerprint density at radius 3 is 2.59 bits per heavy atom. The molecule has 1 aliphatic rings.